The second-order valence-electron chi connectivity index (χ2n) is 6.88. The Morgan fingerprint density at radius 1 is 0.885 bits per heavy atom. The Kier molecular flexibility index (Phi) is 12.6. The van der Waals surface area contributed by atoms with E-state index in [9.17, 15) is 20.4 Å². The maximum atomic E-state index is 9.86. The van der Waals surface area contributed by atoms with Gasteiger partial charge in [-0.05, 0) is 6.42 Å². The van der Waals surface area contributed by atoms with Gasteiger partial charge in [-0.25, -0.2) is 0 Å². The fourth-order valence-electron chi connectivity index (χ4n) is 2.84. The molecule has 1 heterocycles. The molecule has 5 N–H and O–H groups in total. The molecule has 156 valence electrons. The topological polar surface area (TPSA) is 129 Å². The van der Waals surface area contributed by atoms with Crippen molar-refractivity contribution >= 4 is 0 Å². The first-order valence-electron chi connectivity index (χ1n) is 9.69. The standard InChI is InChI=1S/C18H36O8/c1-2-3-4-5-6-7-8-9-24-11-13(20)12-25-18-17(23)16(22)15(21)14(10-19)26-18/h13-23H,2-12H2,1H3/t13?,14-,15+,16+,17-,18-/m1/s1. The highest BCUT2D eigenvalue weighted by Crippen LogP contribution is 2.22. The van der Waals surface area contributed by atoms with E-state index >= 15 is 0 Å². The molecule has 8 heteroatoms. The number of hydrogen-bond acceptors (Lipinski definition) is 8. The zero-order chi connectivity index (χ0) is 19.4. The van der Waals surface area contributed by atoms with Crippen LogP contribution in [0.25, 0.3) is 0 Å². The molecular formula is C18H36O8. The van der Waals surface area contributed by atoms with E-state index in [1.54, 1.807) is 0 Å². The molecule has 1 saturated heterocycles. The second kappa shape index (κ2) is 13.8. The zero-order valence-electron chi connectivity index (χ0n) is 15.7. The van der Waals surface area contributed by atoms with Gasteiger partial charge in [-0.1, -0.05) is 45.4 Å². The van der Waals surface area contributed by atoms with Crippen LogP contribution in [0.3, 0.4) is 0 Å². The van der Waals surface area contributed by atoms with E-state index in [0.29, 0.717) is 6.61 Å². The third-order valence-electron chi connectivity index (χ3n) is 4.50. The van der Waals surface area contributed by atoms with Gasteiger partial charge in [0.25, 0.3) is 0 Å². The van der Waals surface area contributed by atoms with Crippen LogP contribution in [-0.2, 0) is 14.2 Å². The molecule has 0 saturated carbocycles. The average Bonchev–Trinajstić information content (AvgIpc) is 2.64. The van der Waals surface area contributed by atoms with Crippen molar-refractivity contribution in [2.45, 2.75) is 88.7 Å². The van der Waals surface area contributed by atoms with E-state index in [1.807, 2.05) is 0 Å². The molecule has 0 aliphatic carbocycles. The van der Waals surface area contributed by atoms with Gasteiger partial charge in [-0.15, -0.1) is 0 Å². The normalized spacial score (nSPS) is 30.5. The second-order valence-corrected chi connectivity index (χ2v) is 6.88. The molecule has 1 rings (SSSR count). The summed E-state index contributed by atoms with van der Waals surface area (Å²) in [5.74, 6) is 0. The number of aliphatic hydroxyl groups excluding tert-OH is 5. The SMILES string of the molecule is CCCCCCCCCOCC(O)CO[C@@H]1O[C@H](CO)[C@H](O)[C@H](O)[C@H]1O. The van der Waals surface area contributed by atoms with Crippen molar-refractivity contribution in [2.24, 2.45) is 0 Å². The summed E-state index contributed by atoms with van der Waals surface area (Å²) in [4.78, 5) is 0. The van der Waals surface area contributed by atoms with E-state index in [0.717, 1.165) is 12.8 Å². The monoisotopic (exact) mass is 380 g/mol. The Morgan fingerprint density at radius 2 is 1.54 bits per heavy atom. The summed E-state index contributed by atoms with van der Waals surface area (Å²) in [6.07, 6.45) is 0.798. The van der Waals surface area contributed by atoms with Crippen LogP contribution < -0.4 is 0 Å². The first-order chi connectivity index (χ1) is 12.5. The lowest BCUT2D eigenvalue weighted by Crippen LogP contribution is -2.59. The third kappa shape index (κ3) is 8.58. The fraction of sp³-hybridized carbons (Fsp3) is 1.00. The summed E-state index contributed by atoms with van der Waals surface area (Å²) in [6, 6.07) is 0. The van der Waals surface area contributed by atoms with Crippen LogP contribution in [0.15, 0.2) is 0 Å². The highest BCUT2D eigenvalue weighted by atomic mass is 16.7. The Hall–Kier alpha value is -0.320. The molecule has 1 aliphatic rings. The lowest BCUT2D eigenvalue weighted by molar-refractivity contribution is -0.305. The number of ether oxygens (including phenoxy) is 3. The largest absolute Gasteiger partial charge is 0.394 e. The van der Waals surface area contributed by atoms with Crippen LogP contribution >= 0.6 is 0 Å². The summed E-state index contributed by atoms with van der Waals surface area (Å²) >= 11 is 0. The van der Waals surface area contributed by atoms with Crippen LogP contribution in [0.2, 0.25) is 0 Å². The lowest BCUT2D eigenvalue weighted by atomic mass is 9.99. The first kappa shape index (κ1) is 23.7. The van der Waals surface area contributed by atoms with Crippen LogP contribution in [-0.4, -0.2) is 88.8 Å². The van der Waals surface area contributed by atoms with Crippen LogP contribution in [0.5, 0.6) is 0 Å². The van der Waals surface area contributed by atoms with Crippen LogP contribution in [0.1, 0.15) is 51.9 Å². The van der Waals surface area contributed by atoms with E-state index in [4.69, 9.17) is 19.3 Å². The smallest absolute Gasteiger partial charge is 0.186 e. The molecule has 0 aromatic heterocycles. The minimum Gasteiger partial charge on any atom is -0.394 e. The predicted octanol–water partition coefficient (Wildman–Crippen LogP) is -0.0690. The van der Waals surface area contributed by atoms with Gasteiger partial charge in [-0.2, -0.15) is 0 Å². The van der Waals surface area contributed by atoms with Crippen molar-refractivity contribution in [3.8, 4) is 0 Å². The summed E-state index contributed by atoms with van der Waals surface area (Å²) in [5.41, 5.74) is 0. The van der Waals surface area contributed by atoms with Crippen molar-refractivity contribution in [2.75, 3.05) is 26.4 Å². The minimum atomic E-state index is -1.49. The number of rotatable bonds is 14. The fourth-order valence-corrected chi connectivity index (χ4v) is 2.84. The van der Waals surface area contributed by atoms with Crippen molar-refractivity contribution in [3.05, 3.63) is 0 Å². The van der Waals surface area contributed by atoms with E-state index in [1.165, 1.54) is 32.1 Å². The molecule has 26 heavy (non-hydrogen) atoms. The van der Waals surface area contributed by atoms with E-state index in [-0.39, 0.29) is 13.2 Å². The van der Waals surface area contributed by atoms with Crippen LogP contribution in [0, 0.1) is 0 Å². The number of hydrogen-bond donors (Lipinski definition) is 5. The molecule has 0 radical (unpaired) electrons. The van der Waals surface area contributed by atoms with Crippen molar-refractivity contribution in [3.63, 3.8) is 0 Å². The van der Waals surface area contributed by atoms with Crippen molar-refractivity contribution in [1.82, 2.24) is 0 Å². The molecule has 0 aromatic carbocycles. The number of aliphatic hydroxyl groups is 5. The third-order valence-corrected chi connectivity index (χ3v) is 4.50. The Bertz CT molecular complexity index is 341. The summed E-state index contributed by atoms with van der Waals surface area (Å²) in [6.45, 7) is 2.20. The molecule has 1 fully saturated rings. The Morgan fingerprint density at radius 3 is 2.19 bits per heavy atom. The van der Waals surface area contributed by atoms with Gasteiger partial charge in [0.2, 0.25) is 0 Å². The summed E-state index contributed by atoms with van der Waals surface area (Å²) in [5, 5.41) is 48.1. The van der Waals surface area contributed by atoms with E-state index < -0.39 is 43.4 Å². The highest BCUT2D eigenvalue weighted by molar-refractivity contribution is 4.88. The quantitative estimate of drug-likeness (QED) is 0.265. The van der Waals surface area contributed by atoms with Gasteiger partial charge in [0.15, 0.2) is 6.29 Å². The van der Waals surface area contributed by atoms with Crippen molar-refractivity contribution < 1.29 is 39.7 Å². The summed E-state index contributed by atoms with van der Waals surface area (Å²) < 4.78 is 15.9. The minimum absolute atomic E-state index is 0.104. The molecule has 6 atom stereocenters. The molecule has 1 unspecified atom stereocenters. The summed E-state index contributed by atoms with van der Waals surface area (Å²) in [7, 11) is 0. The molecule has 0 bridgehead atoms. The molecule has 0 spiro atoms. The lowest BCUT2D eigenvalue weighted by Gasteiger charge is -2.39. The van der Waals surface area contributed by atoms with Gasteiger partial charge in [0, 0.05) is 6.61 Å². The predicted molar refractivity (Wildman–Crippen MR) is 94.5 cm³/mol. The molecule has 0 amide bonds. The van der Waals surface area contributed by atoms with E-state index in [2.05, 4.69) is 6.92 Å². The van der Waals surface area contributed by atoms with Crippen molar-refractivity contribution in [1.29, 1.82) is 0 Å². The van der Waals surface area contributed by atoms with Gasteiger partial charge < -0.3 is 39.7 Å². The molecule has 0 aromatic rings. The van der Waals surface area contributed by atoms with Gasteiger partial charge in [-0.3, -0.25) is 0 Å². The molecular weight excluding hydrogens is 344 g/mol. The maximum absolute atomic E-state index is 9.86. The van der Waals surface area contributed by atoms with Gasteiger partial charge in [0.05, 0.1) is 19.8 Å². The average molecular weight is 380 g/mol. The zero-order valence-corrected chi connectivity index (χ0v) is 15.7. The van der Waals surface area contributed by atoms with Crippen LogP contribution in [0.4, 0.5) is 0 Å². The highest BCUT2D eigenvalue weighted by Gasteiger charge is 2.44. The molecule has 1 aliphatic heterocycles. The number of unbranched alkanes of at least 4 members (excludes halogenated alkanes) is 6. The Labute approximate surface area is 155 Å². The molecule has 8 nitrogen and oxygen atoms in total. The first-order valence-corrected chi connectivity index (χ1v) is 9.69. The van der Waals surface area contributed by atoms with Gasteiger partial charge in [0.1, 0.15) is 30.5 Å². The van der Waals surface area contributed by atoms with Gasteiger partial charge >= 0.3 is 0 Å². The Balaban J connectivity index is 2.09. The maximum Gasteiger partial charge on any atom is 0.186 e.